The zero-order valence-electron chi connectivity index (χ0n) is 11.1. The normalized spacial score (nSPS) is 9.91. The van der Waals surface area contributed by atoms with Gasteiger partial charge in [-0.3, -0.25) is 5.32 Å². The number of carbonyl (C=O) groups is 2. The monoisotopic (exact) mass is 323 g/mol. The Morgan fingerprint density at radius 1 is 0.955 bits per heavy atom. The number of rotatable bonds is 3. The first-order valence-electron chi connectivity index (χ1n) is 6.07. The predicted octanol–water partition coefficient (Wildman–Crippen LogP) is 4.21. The van der Waals surface area contributed by atoms with E-state index in [1.54, 1.807) is 12.1 Å². The summed E-state index contributed by atoms with van der Waals surface area (Å²) in [6.45, 7) is 0. The minimum atomic E-state index is -1.21. The predicted molar refractivity (Wildman–Crippen MR) is 82.1 cm³/mol. The highest BCUT2D eigenvalue weighted by molar-refractivity contribution is 6.31. The summed E-state index contributed by atoms with van der Waals surface area (Å²) in [5, 5.41) is 15.7. The molecule has 0 aliphatic rings. The smallest absolute Gasteiger partial charge is 0.409 e. The third-order valence-electron chi connectivity index (χ3n) is 2.55. The molecule has 6 nitrogen and oxygen atoms in total. The van der Waals surface area contributed by atoms with Gasteiger partial charge in [0.25, 0.3) is 0 Å². The summed E-state index contributed by atoms with van der Waals surface area (Å²) in [7, 11) is 0. The van der Waals surface area contributed by atoms with Gasteiger partial charge in [0.2, 0.25) is 0 Å². The molecule has 0 atom stereocenters. The molecular weight excluding hydrogens is 313 g/mol. The van der Waals surface area contributed by atoms with Crippen LogP contribution < -0.4 is 16.0 Å². The molecule has 0 aliphatic heterocycles. The van der Waals surface area contributed by atoms with Crippen LogP contribution in [0.5, 0.6) is 0 Å². The van der Waals surface area contributed by atoms with E-state index in [0.29, 0.717) is 17.1 Å². The number of hydrogen-bond donors (Lipinski definition) is 4. The van der Waals surface area contributed by atoms with Crippen molar-refractivity contribution in [2.75, 3.05) is 16.0 Å². The fourth-order valence-corrected chi connectivity index (χ4v) is 1.85. The van der Waals surface area contributed by atoms with Crippen LogP contribution in [0.25, 0.3) is 0 Å². The fraction of sp³-hybridized carbons (Fsp3) is 0. The van der Waals surface area contributed by atoms with Gasteiger partial charge in [-0.2, -0.15) is 0 Å². The quantitative estimate of drug-likeness (QED) is 0.682. The first-order valence-corrected chi connectivity index (χ1v) is 6.45. The molecule has 22 heavy (non-hydrogen) atoms. The molecule has 0 spiro atoms. The van der Waals surface area contributed by atoms with Crippen LogP contribution in [0.2, 0.25) is 5.02 Å². The van der Waals surface area contributed by atoms with Gasteiger partial charge >= 0.3 is 12.1 Å². The summed E-state index contributed by atoms with van der Waals surface area (Å²) in [6.07, 6.45) is -1.21. The average molecular weight is 324 g/mol. The fourth-order valence-electron chi connectivity index (χ4n) is 1.67. The van der Waals surface area contributed by atoms with Gasteiger partial charge in [0.05, 0.1) is 5.02 Å². The molecule has 0 radical (unpaired) electrons. The second kappa shape index (κ2) is 6.77. The van der Waals surface area contributed by atoms with Gasteiger partial charge in [0.15, 0.2) is 0 Å². The number of carboxylic acid groups (broad SMARTS) is 1. The van der Waals surface area contributed by atoms with Crippen LogP contribution in [-0.4, -0.2) is 17.2 Å². The van der Waals surface area contributed by atoms with Crippen molar-refractivity contribution in [1.82, 2.24) is 0 Å². The number of carbonyl (C=O) groups excluding carboxylic acids is 1. The second-order valence-corrected chi connectivity index (χ2v) is 4.63. The van der Waals surface area contributed by atoms with Crippen LogP contribution in [0.15, 0.2) is 42.5 Å². The summed E-state index contributed by atoms with van der Waals surface area (Å²) in [5.74, 6) is -0.583. The Bertz CT molecular complexity index is 724. The van der Waals surface area contributed by atoms with E-state index >= 15 is 0 Å². The molecule has 0 heterocycles. The topological polar surface area (TPSA) is 90.5 Å². The summed E-state index contributed by atoms with van der Waals surface area (Å²) in [4.78, 5) is 22.4. The molecule has 0 aromatic heterocycles. The van der Waals surface area contributed by atoms with E-state index in [0.717, 1.165) is 6.07 Å². The molecular formula is C14H11ClFN3O3. The Kier molecular flexibility index (Phi) is 4.80. The molecule has 0 saturated carbocycles. The minimum absolute atomic E-state index is 0.106. The molecule has 0 aliphatic carbocycles. The summed E-state index contributed by atoms with van der Waals surface area (Å²) >= 11 is 5.62. The Labute approximate surface area is 129 Å². The van der Waals surface area contributed by atoms with Crippen LogP contribution in [-0.2, 0) is 0 Å². The molecule has 2 rings (SSSR count). The minimum Gasteiger partial charge on any atom is -0.465 e. The van der Waals surface area contributed by atoms with Crippen molar-refractivity contribution in [3.8, 4) is 0 Å². The van der Waals surface area contributed by atoms with Crippen molar-refractivity contribution in [1.29, 1.82) is 0 Å². The Morgan fingerprint density at radius 3 is 2.14 bits per heavy atom. The first kappa shape index (κ1) is 15.6. The highest BCUT2D eigenvalue weighted by atomic mass is 35.5. The maximum Gasteiger partial charge on any atom is 0.409 e. The van der Waals surface area contributed by atoms with Crippen molar-refractivity contribution in [3.63, 3.8) is 0 Å². The lowest BCUT2D eigenvalue weighted by Crippen LogP contribution is -2.19. The van der Waals surface area contributed by atoms with E-state index in [2.05, 4.69) is 16.0 Å². The van der Waals surface area contributed by atoms with Gasteiger partial charge in [0, 0.05) is 17.1 Å². The third kappa shape index (κ3) is 4.35. The molecule has 0 bridgehead atoms. The zero-order valence-corrected chi connectivity index (χ0v) is 11.8. The van der Waals surface area contributed by atoms with E-state index in [9.17, 15) is 14.0 Å². The standard InChI is InChI=1S/C14H11ClFN3O3/c15-11-7-10(4-5-12(11)16)18-13(20)17-8-2-1-3-9(6-8)19-14(21)22/h1-7,19H,(H,21,22)(H2,17,18,20). The number of benzene rings is 2. The lowest BCUT2D eigenvalue weighted by atomic mass is 10.3. The van der Waals surface area contributed by atoms with Crippen molar-refractivity contribution in [2.24, 2.45) is 0 Å². The zero-order chi connectivity index (χ0) is 16.1. The lowest BCUT2D eigenvalue weighted by molar-refractivity contribution is 0.209. The number of amides is 3. The highest BCUT2D eigenvalue weighted by Crippen LogP contribution is 2.20. The summed E-state index contributed by atoms with van der Waals surface area (Å²) < 4.78 is 13.0. The van der Waals surface area contributed by atoms with Crippen LogP contribution in [0.4, 0.5) is 31.0 Å². The first-order chi connectivity index (χ1) is 10.4. The maximum atomic E-state index is 13.0. The van der Waals surface area contributed by atoms with Crippen molar-refractivity contribution in [2.45, 2.75) is 0 Å². The molecule has 3 amide bonds. The largest absolute Gasteiger partial charge is 0.465 e. The number of halogens is 2. The third-order valence-corrected chi connectivity index (χ3v) is 2.84. The molecule has 8 heteroatoms. The molecule has 0 saturated heterocycles. The molecule has 2 aromatic carbocycles. The van der Waals surface area contributed by atoms with E-state index < -0.39 is 17.9 Å². The molecule has 0 fully saturated rings. The van der Waals surface area contributed by atoms with Crippen LogP contribution in [0.3, 0.4) is 0 Å². The van der Waals surface area contributed by atoms with Gasteiger partial charge in [-0.1, -0.05) is 17.7 Å². The Balaban J connectivity index is 2.02. The van der Waals surface area contributed by atoms with Gasteiger partial charge in [-0.05, 0) is 36.4 Å². The number of urea groups is 1. The molecule has 114 valence electrons. The van der Waals surface area contributed by atoms with E-state index in [-0.39, 0.29) is 5.02 Å². The maximum absolute atomic E-state index is 13.0. The highest BCUT2D eigenvalue weighted by Gasteiger charge is 2.06. The number of anilines is 3. The molecule has 2 aromatic rings. The molecule has 4 N–H and O–H groups in total. The van der Waals surface area contributed by atoms with Crippen molar-refractivity contribution < 1.29 is 19.1 Å². The van der Waals surface area contributed by atoms with Crippen LogP contribution >= 0.6 is 11.6 Å². The number of nitrogens with one attached hydrogen (secondary N) is 3. The van der Waals surface area contributed by atoms with Gasteiger partial charge in [-0.15, -0.1) is 0 Å². The summed E-state index contributed by atoms with van der Waals surface area (Å²) in [5.41, 5.74) is 1.02. The Hall–Kier alpha value is -2.80. The lowest BCUT2D eigenvalue weighted by Gasteiger charge is -2.09. The second-order valence-electron chi connectivity index (χ2n) is 4.22. The van der Waals surface area contributed by atoms with Crippen LogP contribution in [0, 0.1) is 5.82 Å². The average Bonchev–Trinajstić information content (AvgIpc) is 2.42. The SMILES string of the molecule is O=C(O)Nc1cccc(NC(=O)Nc2ccc(F)c(Cl)c2)c1. The van der Waals surface area contributed by atoms with Gasteiger partial charge < -0.3 is 15.7 Å². The Morgan fingerprint density at radius 2 is 1.55 bits per heavy atom. The van der Waals surface area contributed by atoms with Gasteiger partial charge in [0.1, 0.15) is 5.82 Å². The molecule has 0 unspecified atom stereocenters. The van der Waals surface area contributed by atoms with Gasteiger partial charge in [-0.25, -0.2) is 14.0 Å². The van der Waals surface area contributed by atoms with Crippen LogP contribution in [0.1, 0.15) is 0 Å². The number of hydrogen-bond acceptors (Lipinski definition) is 2. The van der Waals surface area contributed by atoms with E-state index in [4.69, 9.17) is 16.7 Å². The van der Waals surface area contributed by atoms with Crippen molar-refractivity contribution >= 4 is 40.8 Å². The summed E-state index contributed by atoms with van der Waals surface area (Å²) in [6, 6.07) is 9.36. The van der Waals surface area contributed by atoms with E-state index in [1.807, 2.05) is 0 Å². The van der Waals surface area contributed by atoms with E-state index in [1.165, 1.54) is 24.3 Å². The van der Waals surface area contributed by atoms with Crippen molar-refractivity contribution in [3.05, 3.63) is 53.3 Å².